The average molecular weight is 297 g/mol. The molecule has 3 rings (SSSR count). The smallest absolute Gasteiger partial charge is 0.144 e. The number of fused-ring (bicyclic) bond motifs is 1. The fourth-order valence-corrected chi connectivity index (χ4v) is 3.32. The van der Waals surface area contributed by atoms with Crippen LogP contribution >= 0.6 is 11.3 Å². The molecule has 0 aliphatic heterocycles. The van der Waals surface area contributed by atoms with Gasteiger partial charge in [-0.25, -0.2) is 9.97 Å². The number of hydrogen-bond acceptors (Lipinski definition) is 4. The number of thiophene rings is 1. The molecular weight excluding hydrogens is 278 g/mol. The molecule has 0 atom stereocenters. The van der Waals surface area contributed by atoms with Crippen LogP contribution in [0.25, 0.3) is 10.2 Å². The summed E-state index contributed by atoms with van der Waals surface area (Å²) in [5, 5.41) is 1.14. The SMILES string of the molecule is CCc1cc2c(N(C)c3ccc(C)c(C)c3)ncnc2s1. The van der Waals surface area contributed by atoms with Crippen molar-refractivity contribution >= 4 is 33.1 Å². The number of rotatable bonds is 3. The highest BCUT2D eigenvalue weighted by Crippen LogP contribution is 2.33. The summed E-state index contributed by atoms with van der Waals surface area (Å²) in [7, 11) is 2.06. The molecule has 0 unspecified atom stereocenters. The van der Waals surface area contributed by atoms with E-state index in [1.54, 1.807) is 17.7 Å². The van der Waals surface area contributed by atoms with Crippen molar-refractivity contribution < 1.29 is 0 Å². The van der Waals surface area contributed by atoms with E-state index in [1.165, 1.54) is 16.0 Å². The topological polar surface area (TPSA) is 29.0 Å². The van der Waals surface area contributed by atoms with E-state index in [1.807, 2.05) is 0 Å². The molecule has 0 N–H and O–H groups in total. The fraction of sp³-hybridized carbons (Fsp3) is 0.294. The van der Waals surface area contributed by atoms with Gasteiger partial charge in [-0.1, -0.05) is 13.0 Å². The van der Waals surface area contributed by atoms with Crippen molar-refractivity contribution in [2.75, 3.05) is 11.9 Å². The second kappa shape index (κ2) is 5.45. The first kappa shape index (κ1) is 14.0. The van der Waals surface area contributed by atoms with E-state index >= 15 is 0 Å². The minimum atomic E-state index is 0.971. The van der Waals surface area contributed by atoms with Crippen LogP contribution in [0.2, 0.25) is 0 Å². The lowest BCUT2D eigenvalue weighted by Crippen LogP contribution is -2.11. The molecule has 0 saturated carbocycles. The van der Waals surface area contributed by atoms with E-state index in [4.69, 9.17) is 0 Å². The summed E-state index contributed by atoms with van der Waals surface area (Å²) >= 11 is 1.75. The highest BCUT2D eigenvalue weighted by atomic mass is 32.1. The minimum Gasteiger partial charge on any atom is -0.329 e. The number of anilines is 2. The van der Waals surface area contributed by atoms with Crippen LogP contribution in [-0.4, -0.2) is 17.0 Å². The predicted molar refractivity (Wildman–Crippen MR) is 90.8 cm³/mol. The van der Waals surface area contributed by atoms with Crippen LogP contribution in [0.3, 0.4) is 0 Å². The van der Waals surface area contributed by atoms with Gasteiger partial charge in [-0.05, 0) is 49.6 Å². The summed E-state index contributed by atoms with van der Waals surface area (Å²) in [4.78, 5) is 13.5. The summed E-state index contributed by atoms with van der Waals surface area (Å²) < 4.78 is 0. The van der Waals surface area contributed by atoms with Crippen LogP contribution in [0.5, 0.6) is 0 Å². The summed E-state index contributed by atoms with van der Waals surface area (Å²) in [6, 6.07) is 8.72. The lowest BCUT2D eigenvalue weighted by atomic mass is 10.1. The Hall–Kier alpha value is -1.94. The molecule has 2 heterocycles. The standard InChI is InChI=1S/C17H19N3S/c1-5-14-9-15-16(18-10-19-17(15)21-14)20(4)13-7-6-11(2)12(3)8-13/h6-10H,5H2,1-4H3. The predicted octanol–water partition coefficient (Wildman–Crippen LogP) is 4.64. The molecule has 3 nitrogen and oxygen atoms in total. The summed E-state index contributed by atoms with van der Waals surface area (Å²) in [6.07, 6.45) is 2.69. The summed E-state index contributed by atoms with van der Waals surface area (Å²) in [5.41, 5.74) is 3.76. The van der Waals surface area contributed by atoms with Gasteiger partial charge in [-0.15, -0.1) is 11.3 Å². The van der Waals surface area contributed by atoms with Crippen molar-refractivity contribution in [2.24, 2.45) is 0 Å². The van der Waals surface area contributed by atoms with Crippen molar-refractivity contribution in [2.45, 2.75) is 27.2 Å². The van der Waals surface area contributed by atoms with Gasteiger partial charge in [0.05, 0.1) is 5.39 Å². The molecule has 1 aromatic carbocycles. The van der Waals surface area contributed by atoms with Crippen LogP contribution in [-0.2, 0) is 6.42 Å². The molecule has 3 aromatic rings. The van der Waals surface area contributed by atoms with Gasteiger partial charge in [0, 0.05) is 17.6 Å². The van der Waals surface area contributed by atoms with Crippen molar-refractivity contribution in [1.29, 1.82) is 0 Å². The van der Waals surface area contributed by atoms with Crippen LogP contribution in [0, 0.1) is 13.8 Å². The van der Waals surface area contributed by atoms with E-state index in [0.29, 0.717) is 0 Å². The van der Waals surface area contributed by atoms with Crippen LogP contribution < -0.4 is 4.90 Å². The van der Waals surface area contributed by atoms with Gasteiger partial charge in [0.1, 0.15) is 17.0 Å². The van der Waals surface area contributed by atoms with Crippen LogP contribution in [0.1, 0.15) is 22.9 Å². The van der Waals surface area contributed by atoms with Gasteiger partial charge >= 0.3 is 0 Å². The molecule has 0 fully saturated rings. The van der Waals surface area contributed by atoms with E-state index in [0.717, 1.165) is 28.1 Å². The molecule has 21 heavy (non-hydrogen) atoms. The highest BCUT2D eigenvalue weighted by Gasteiger charge is 2.13. The Morgan fingerprint density at radius 1 is 1.10 bits per heavy atom. The molecule has 108 valence electrons. The average Bonchev–Trinajstić information content (AvgIpc) is 2.92. The minimum absolute atomic E-state index is 0.971. The monoisotopic (exact) mass is 297 g/mol. The maximum Gasteiger partial charge on any atom is 0.144 e. The number of aryl methyl sites for hydroxylation is 3. The normalized spacial score (nSPS) is 11.0. The molecule has 0 amide bonds. The lowest BCUT2D eigenvalue weighted by molar-refractivity contribution is 1.11. The van der Waals surface area contributed by atoms with Crippen molar-refractivity contribution in [3.8, 4) is 0 Å². The summed E-state index contributed by atoms with van der Waals surface area (Å²) in [5.74, 6) is 0.971. The van der Waals surface area contributed by atoms with Crippen molar-refractivity contribution in [1.82, 2.24) is 9.97 Å². The zero-order chi connectivity index (χ0) is 15.0. The molecule has 0 aliphatic rings. The fourth-order valence-electron chi connectivity index (χ4n) is 2.39. The van der Waals surface area contributed by atoms with Crippen LogP contribution in [0.15, 0.2) is 30.6 Å². The summed E-state index contributed by atoms with van der Waals surface area (Å²) in [6.45, 7) is 6.45. The Labute approximate surface area is 129 Å². The third kappa shape index (κ3) is 2.51. The maximum atomic E-state index is 4.50. The maximum absolute atomic E-state index is 4.50. The quantitative estimate of drug-likeness (QED) is 0.705. The first-order valence-corrected chi connectivity index (χ1v) is 7.96. The highest BCUT2D eigenvalue weighted by molar-refractivity contribution is 7.18. The molecule has 2 aromatic heterocycles. The zero-order valence-electron chi connectivity index (χ0n) is 12.8. The third-order valence-electron chi connectivity index (χ3n) is 3.90. The third-order valence-corrected chi connectivity index (χ3v) is 5.09. The second-order valence-electron chi connectivity index (χ2n) is 5.31. The van der Waals surface area contributed by atoms with Gasteiger partial charge in [0.25, 0.3) is 0 Å². The Morgan fingerprint density at radius 2 is 1.90 bits per heavy atom. The van der Waals surface area contributed by atoms with Gasteiger partial charge in [-0.3, -0.25) is 0 Å². The van der Waals surface area contributed by atoms with E-state index < -0.39 is 0 Å². The number of benzene rings is 1. The van der Waals surface area contributed by atoms with E-state index in [2.05, 4.69) is 67.0 Å². The molecule has 0 spiro atoms. The first-order chi connectivity index (χ1) is 10.1. The Balaban J connectivity index is 2.10. The molecule has 0 radical (unpaired) electrons. The van der Waals surface area contributed by atoms with Crippen molar-refractivity contribution in [3.05, 3.63) is 46.6 Å². The van der Waals surface area contributed by atoms with E-state index in [9.17, 15) is 0 Å². The Bertz CT molecular complexity index is 792. The Morgan fingerprint density at radius 3 is 2.62 bits per heavy atom. The number of aromatic nitrogens is 2. The first-order valence-electron chi connectivity index (χ1n) is 7.14. The molecule has 0 aliphatic carbocycles. The van der Waals surface area contributed by atoms with Crippen molar-refractivity contribution in [3.63, 3.8) is 0 Å². The van der Waals surface area contributed by atoms with Gasteiger partial charge in [0.2, 0.25) is 0 Å². The van der Waals surface area contributed by atoms with Gasteiger partial charge in [-0.2, -0.15) is 0 Å². The van der Waals surface area contributed by atoms with Crippen LogP contribution in [0.4, 0.5) is 11.5 Å². The van der Waals surface area contributed by atoms with Gasteiger partial charge in [0.15, 0.2) is 0 Å². The van der Waals surface area contributed by atoms with E-state index in [-0.39, 0.29) is 0 Å². The second-order valence-corrected chi connectivity index (χ2v) is 6.43. The van der Waals surface area contributed by atoms with Gasteiger partial charge < -0.3 is 4.90 Å². The number of hydrogen-bond donors (Lipinski definition) is 0. The molecule has 0 bridgehead atoms. The lowest BCUT2D eigenvalue weighted by Gasteiger charge is -2.20. The molecular formula is C17H19N3S. The Kier molecular flexibility index (Phi) is 3.64. The largest absolute Gasteiger partial charge is 0.329 e. The number of nitrogens with zero attached hydrogens (tertiary/aromatic N) is 3. The zero-order valence-corrected chi connectivity index (χ0v) is 13.7. The molecule has 4 heteroatoms. The molecule has 0 saturated heterocycles.